The second-order valence-corrected chi connectivity index (χ2v) is 4.37. The van der Waals surface area contributed by atoms with E-state index < -0.39 is 0 Å². The number of piperidine rings is 1. The van der Waals surface area contributed by atoms with Crippen LogP contribution in [0, 0.1) is 0 Å². The van der Waals surface area contributed by atoms with Crippen LogP contribution in [-0.4, -0.2) is 34.2 Å². The van der Waals surface area contributed by atoms with E-state index in [1.54, 1.807) is 0 Å². The number of hydrogen-bond acceptors (Lipinski definition) is 2. The summed E-state index contributed by atoms with van der Waals surface area (Å²) in [6.45, 7) is 3.59. The van der Waals surface area contributed by atoms with E-state index in [9.17, 15) is 5.11 Å². The maximum absolute atomic E-state index is 9.36. The van der Waals surface area contributed by atoms with Crippen molar-refractivity contribution in [1.29, 1.82) is 0 Å². The molecule has 84 valence electrons. The number of likely N-dealkylation sites (tertiary alicyclic amines) is 1. The number of nitrogens with zero attached hydrogens (tertiary/aromatic N) is 1. The van der Waals surface area contributed by atoms with Crippen molar-refractivity contribution < 1.29 is 5.11 Å². The third-order valence-corrected chi connectivity index (χ3v) is 3.45. The lowest BCUT2D eigenvalue weighted by Crippen LogP contribution is -2.43. The van der Waals surface area contributed by atoms with Crippen molar-refractivity contribution in [2.75, 3.05) is 13.2 Å². The zero-order valence-electron chi connectivity index (χ0n) is 9.32. The highest BCUT2D eigenvalue weighted by Crippen LogP contribution is 2.27. The highest BCUT2D eigenvalue weighted by Gasteiger charge is 2.26. The lowest BCUT2D eigenvalue weighted by atomic mass is 10.00. The Morgan fingerprint density at radius 3 is 3.13 bits per heavy atom. The summed E-state index contributed by atoms with van der Waals surface area (Å²) < 4.78 is 0. The normalized spacial score (nSPS) is 25.3. The Morgan fingerprint density at radius 2 is 2.47 bits per heavy atom. The van der Waals surface area contributed by atoms with Crippen molar-refractivity contribution in [3.8, 4) is 0 Å². The summed E-state index contributed by atoms with van der Waals surface area (Å²) in [6.07, 6.45) is 5.59. The van der Waals surface area contributed by atoms with Gasteiger partial charge in [0, 0.05) is 24.0 Å². The molecule has 1 aliphatic heterocycles. The van der Waals surface area contributed by atoms with Gasteiger partial charge in [0.2, 0.25) is 0 Å². The second kappa shape index (κ2) is 4.81. The number of H-pyrrole nitrogens is 1. The summed E-state index contributed by atoms with van der Waals surface area (Å²) in [5.41, 5.74) is 1.25. The molecule has 0 aliphatic carbocycles. The Hall–Kier alpha value is -0.800. The number of aromatic nitrogens is 1. The van der Waals surface area contributed by atoms with Crippen molar-refractivity contribution in [1.82, 2.24) is 9.88 Å². The monoisotopic (exact) mass is 208 g/mol. The van der Waals surface area contributed by atoms with Crippen molar-refractivity contribution in [3.63, 3.8) is 0 Å². The van der Waals surface area contributed by atoms with Crippen LogP contribution in [0.15, 0.2) is 18.3 Å². The van der Waals surface area contributed by atoms with Crippen molar-refractivity contribution in [3.05, 3.63) is 24.0 Å². The minimum absolute atomic E-state index is 0.283. The fraction of sp³-hybridized carbons (Fsp3) is 0.667. The van der Waals surface area contributed by atoms with E-state index in [2.05, 4.69) is 22.9 Å². The van der Waals surface area contributed by atoms with Crippen LogP contribution in [0.2, 0.25) is 0 Å². The highest BCUT2D eigenvalue weighted by atomic mass is 16.3. The lowest BCUT2D eigenvalue weighted by molar-refractivity contribution is 0.0575. The first-order valence-electron chi connectivity index (χ1n) is 5.83. The molecule has 1 aromatic heterocycles. The maximum Gasteiger partial charge on any atom is 0.0587 e. The zero-order valence-corrected chi connectivity index (χ0v) is 9.32. The molecule has 1 fully saturated rings. The lowest BCUT2D eigenvalue weighted by Gasteiger charge is -2.38. The van der Waals surface area contributed by atoms with Crippen LogP contribution < -0.4 is 0 Å². The molecule has 1 aliphatic rings. The fourth-order valence-corrected chi connectivity index (χ4v) is 2.51. The number of aliphatic hydroxyl groups excluding tert-OH is 1. The Bertz CT molecular complexity index is 284. The van der Waals surface area contributed by atoms with Crippen LogP contribution in [0.25, 0.3) is 0 Å². The molecule has 0 amide bonds. The Kier molecular flexibility index (Phi) is 3.44. The summed E-state index contributed by atoms with van der Waals surface area (Å²) in [4.78, 5) is 5.67. The fourth-order valence-electron chi connectivity index (χ4n) is 2.51. The summed E-state index contributed by atoms with van der Waals surface area (Å²) in [6, 6.07) is 4.88. The molecule has 2 rings (SSSR count). The van der Waals surface area contributed by atoms with Crippen LogP contribution in [0.5, 0.6) is 0 Å². The molecule has 0 saturated carbocycles. The number of rotatable bonds is 3. The first-order valence-corrected chi connectivity index (χ1v) is 5.83. The smallest absolute Gasteiger partial charge is 0.0587 e. The van der Waals surface area contributed by atoms with E-state index in [4.69, 9.17) is 0 Å². The van der Waals surface area contributed by atoms with Crippen molar-refractivity contribution >= 4 is 0 Å². The first-order chi connectivity index (χ1) is 7.33. The van der Waals surface area contributed by atoms with Gasteiger partial charge in [-0.25, -0.2) is 0 Å². The van der Waals surface area contributed by atoms with Gasteiger partial charge in [-0.1, -0.05) is 6.42 Å². The Labute approximate surface area is 91.1 Å². The quantitative estimate of drug-likeness (QED) is 0.796. The average Bonchev–Trinajstić information content (AvgIpc) is 2.81. The molecule has 0 aromatic carbocycles. The topological polar surface area (TPSA) is 39.3 Å². The SMILES string of the molecule is C[C@@H](c1ccc[nH]1)N1CCCC[C@@H]1CO. The van der Waals surface area contributed by atoms with Crippen LogP contribution in [-0.2, 0) is 0 Å². The molecule has 2 heterocycles. The van der Waals surface area contributed by atoms with Gasteiger partial charge in [-0.05, 0) is 38.4 Å². The molecule has 3 nitrogen and oxygen atoms in total. The minimum atomic E-state index is 0.283. The Balaban J connectivity index is 2.07. The van der Waals surface area contributed by atoms with Gasteiger partial charge in [0.05, 0.1) is 6.61 Å². The molecular formula is C12H20N2O. The van der Waals surface area contributed by atoms with Gasteiger partial charge in [-0.15, -0.1) is 0 Å². The zero-order chi connectivity index (χ0) is 10.7. The highest BCUT2D eigenvalue weighted by molar-refractivity contribution is 5.09. The van der Waals surface area contributed by atoms with Crippen molar-refractivity contribution in [2.45, 2.75) is 38.3 Å². The second-order valence-electron chi connectivity index (χ2n) is 4.37. The molecule has 0 spiro atoms. The third kappa shape index (κ3) is 2.24. The predicted molar refractivity (Wildman–Crippen MR) is 60.6 cm³/mol. The molecule has 2 N–H and O–H groups in total. The molecule has 0 radical (unpaired) electrons. The summed E-state index contributed by atoms with van der Waals surface area (Å²) >= 11 is 0. The molecule has 0 unspecified atom stereocenters. The number of aliphatic hydroxyl groups is 1. The maximum atomic E-state index is 9.36. The van der Waals surface area contributed by atoms with E-state index in [1.165, 1.54) is 18.5 Å². The molecular weight excluding hydrogens is 188 g/mol. The molecule has 3 heteroatoms. The van der Waals surface area contributed by atoms with Gasteiger partial charge < -0.3 is 10.1 Å². The van der Waals surface area contributed by atoms with E-state index in [0.29, 0.717) is 12.1 Å². The predicted octanol–water partition coefficient (Wildman–Crippen LogP) is 1.92. The number of hydrogen-bond donors (Lipinski definition) is 2. The molecule has 1 saturated heterocycles. The first kappa shape index (κ1) is 10.7. The summed E-state index contributed by atoms with van der Waals surface area (Å²) in [5.74, 6) is 0. The molecule has 15 heavy (non-hydrogen) atoms. The number of aromatic amines is 1. The van der Waals surface area contributed by atoms with Gasteiger partial charge in [0.1, 0.15) is 0 Å². The summed E-state index contributed by atoms with van der Waals surface area (Å²) in [5, 5.41) is 9.36. The van der Waals surface area contributed by atoms with E-state index in [0.717, 1.165) is 13.0 Å². The van der Waals surface area contributed by atoms with Crippen LogP contribution >= 0.6 is 0 Å². The summed E-state index contributed by atoms with van der Waals surface area (Å²) in [7, 11) is 0. The van der Waals surface area contributed by atoms with E-state index in [-0.39, 0.29) is 6.61 Å². The van der Waals surface area contributed by atoms with Gasteiger partial charge in [-0.3, -0.25) is 4.90 Å². The largest absolute Gasteiger partial charge is 0.395 e. The van der Waals surface area contributed by atoms with Crippen LogP contribution in [0.4, 0.5) is 0 Å². The van der Waals surface area contributed by atoms with Crippen LogP contribution in [0.3, 0.4) is 0 Å². The minimum Gasteiger partial charge on any atom is -0.395 e. The molecule has 0 bridgehead atoms. The van der Waals surface area contributed by atoms with Crippen LogP contribution in [0.1, 0.15) is 37.9 Å². The number of nitrogens with one attached hydrogen (secondary N) is 1. The van der Waals surface area contributed by atoms with Crippen molar-refractivity contribution in [2.24, 2.45) is 0 Å². The van der Waals surface area contributed by atoms with Gasteiger partial charge in [0.15, 0.2) is 0 Å². The molecule has 1 aromatic rings. The average molecular weight is 208 g/mol. The standard InChI is InChI=1S/C12H20N2O/c1-10(12-6-4-7-13-12)14-8-3-2-5-11(14)9-15/h4,6-7,10-11,13,15H,2-3,5,8-9H2,1H3/t10-,11+/m0/s1. The third-order valence-electron chi connectivity index (χ3n) is 3.45. The Morgan fingerprint density at radius 1 is 1.60 bits per heavy atom. The van der Waals surface area contributed by atoms with Gasteiger partial charge in [-0.2, -0.15) is 0 Å². The van der Waals surface area contributed by atoms with Gasteiger partial charge in [0.25, 0.3) is 0 Å². The van der Waals surface area contributed by atoms with Gasteiger partial charge >= 0.3 is 0 Å². The van der Waals surface area contributed by atoms with E-state index in [1.807, 2.05) is 12.3 Å². The molecule has 2 atom stereocenters. The van der Waals surface area contributed by atoms with E-state index >= 15 is 0 Å².